The normalized spacial score (nSPS) is 11.5. The highest BCUT2D eigenvalue weighted by Crippen LogP contribution is 2.39. The summed E-state index contributed by atoms with van der Waals surface area (Å²) in [6.07, 6.45) is 5.86. The lowest BCUT2D eigenvalue weighted by Gasteiger charge is -2.06. The molecule has 5 rings (SSSR count). The number of hydrogen-bond acceptors (Lipinski definition) is 6. The van der Waals surface area contributed by atoms with Crippen LogP contribution in [0.3, 0.4) is 0 Å². The molecule has 0 fully saturated rings. The predicted molar refractivity (Wildman–Crippen MR) is 112 cm³/mol. The second-order valence-corrected chi connectivity index (χ2v) is 7.32. The second kappa shape index (κ2) is 7.35. The minimum atomic E-state index is -0.307. The number of aromatic nitrogens is 6. The van der Waals surface area contributed by atoms with E-state index in [0.717, 1.165) is 16.7 Å². The number of rotatable bonds is 5. The number of aryl methyl sites for hydroxylation is 4. The maximum Gasteiger partial charge on any atom is 0.228 e. The van der Waals surface area contributed by atoms with Gasteiger partial charge in [-0.3, -0.25) is 9.67 Å². The SMILES string of the molecule is Cc1noc(CCn2cc3nccc(-c4cn(C)nc4-c4ccc(F)cc4)c3c2O)n1. The molecule has 0 atom stereocenters. The fourth-order valence-corrected chi connectivity index (χ4v) is 3.72. The molecule has 0 aliphatic heterocycles. The molecule has 1 aromatic carbocycles. The lowest BCUT2D eigenvalue weighted by molar-refractivity contribution is 0.361. The van der Waals surface area contributed by atoms with Crippen LogP contribution in [0.25, 0.3) is 33.3 Å². The monoisotopic (exact) mass is 418 g/mol. The molecule has 31 heavy (non-hydrogen) atoms. The summed E-state index contributed by atoms with van der Waals surface area (Å²) in [5.41, 5.74) is 3.76. The largest absolute Gasteiger partial charge is 0.494 e. The van der Waals surface area contributed by atoms with Gasteiger partial charge < -0.3 is 14.2 Å². The molecule has 0 aliphatic carbocycles. The molecule has 1 N–H and O–H groups in total. The first-order chi connectivity index (χ1) is 15.0. The van der Waals surface area contributed by atoms with Crippen LogP contribution in [0.1, 0.15) is 11.7 Å². The number of fused-ring (bicyclic) bond motifs is 1. The van der Waals surface area contributed by atoms with Crippen LogP contribution in [0, 0.1) is 12.7 Å². The molecule has 156 valence electrons. The highest BCUT2D eigenvalue weighted by atomic mass is 19.1. The molecule has 5 aromatic rings. The second-order valence-electron chi connectivity index (χ2n) is 7.32. The summed E-state index contributed by atoms with van der Waals surface area (Å²) in [5, 5.41) is 20.0. The molecule has 9 heteroatoms. The Morgan fingerprint density at radius 2 is 1.90 bits per heavy atom. The molecule has 0 saturated heterocycles. The van der Waals surface area contributed by atoms with Crippen LogP contribution in [0.2, 0.25) is 0 Å². The number of halogens is 1. The summed E-state index contributed by atoms with van der Waals surface area (Å²) < 4.78 is 22.0. The summed E-state index contributed by atoms with van der Waals surface area (Å²) in [6.45, 7) is 2.22. The van der Waals surface area contributed by atoms with Gasteiger partial charge in [-0.25, -0.2) is 4.39 Å². The van der Waals surface area contributed by atoms with Crippen molar-refractivity contribution in [2.45, 2.75) is 19.9 Å². The smallest absolute Gasteiger partial charge is 0.228 e. The zero-order valence-electron chi connectivity index (χ0n) is 16.9. The maximum absolute atomic E-state index is 13.4. The van der Waals surface area contributed by atoms with Crippen LogP contribution < -0.4 is 0 Å². The van der Waals surface area contributed by atoms with Crippen molar-refractivity contribution in [3.63, 3.8) is 0 Å². The fraction of sp³-hybridized carbons (Fsp3) is 0.182. The molecule has 8 nitrogen and oxygen atoms in total. The average molecular weight is 418 g/mol. The highest BCUT2D eigenvalue weighted by Gasteiger charge is 2.20. The van der Waals surface area contributed by atoms with Crippen molar-refractivity contribution in [2.24, 2.45) is 7.05 Å². The van der Waals surface area contributed by atoms with Gasteiger partial charge in [-0.15, -0.1) is 0 Å². The van der Waals surface area contributed by atoms with Gasteiger partial charge in [-0.1, -0.05) is 5.16 Å². The average Bonchev–Trinajstić information content (AvgIpc) is 3.44. The fourth-order valence-electron chi connectivity index (χ4n) is 3.72. The number of pyridine rings is 1. The van der Waals surface area contributed by atoms with Crippen molar-refractivity contribution in [2.75, 3.05) is 0 Å². The summed E-state index contributed by atoms with van der Waals surface area (Å²) in [6, 6.07) is 8.04. The number of hydrogen-bond donors (Lipinski definition) is 1. The first-order valence-electron chi connectivity index (χ1n) is 9.75. The van der Waals surface area contributed by atoms with E-state index < -0.39 is 0 Å². The summed E-state index contributed by atoms with van der Waals surface area (Å²) >= 11 is 0. The van der Waals surface area contributed by atoms with Crippen molar-refractivity contribution < 1.29 is 14.0 Å². The van der Waals surface area contributed by atoms with Crippen LogP contribution in [-0.4, -0.2) is 34.6 Å². The van der Waals surface area contributed by atoms with E-state index in [0.29, 0.717) is 41.3 Å². The Bertz CT molecular complexity index is 1380. The quantitative estimate of drug-likeness (QED) is 0.465. The topological polar surface area (TPSA) is 94.8 Å². The summed E-state index contributed by atoms with van der Waals surface area (Å²) in [4.78, 5) is 8.62. The van der Waals surface area contributed by atoms with E-state index >= 15 is 0 Å². The number of nitrogens with zero attached hydrogens (tertiary/aromatic N) is 6. The van der Waals surface area contributed by atoms with Gasteiger partial charge in [0, 0.05) is 55.3 Å². The van der Waals surface area contributed by atoms with Crippen LogP contribution >= 0.6 is 0 Å². The van der Waals surface area contributed by atoms with Gasteiger partial charge in [-0.2, -0.15) is 10.1 Å². The van der Waals surface area contributed by atoms with Crippen molar-refractivity contribution in [3.8, 4) is 28.3 Å². The number of aromatic hydroxyl groups is 1. The van der Waals surface area contributed by atoms with Gasteiger partial charge in [0.1, 0.15) is 11.5 Å². The van der Waals surface area contributed by atoms with Gasteiger partial charge in [0.15, 0.2) is 5.82 Å². The molecule has 0 unspecified atom stereocenters. The standard InChI is InChI=1S/C22H19FN6O2/c1-13-25-19(31-27-13)8-10-29-12-18-20(22(29)30)16(7-9-24-18)17-11-28(2)26-21(17)14-3-5-15(23)6-4-14/h3-7,9,11-12,30H,8,10H2,1-2H3. The van der Waals surface area contributed by atoms with E-state index in [1.165, 1.54) is 12.1 Å². The lowest BCUT2D eigenvalue weighted by atomic mass is 10.00. The molecule has 0 saturated carbocycles. The molecular formula is C22H19FN6O2. The van der Waals surface area contributed by atoms with Gasteiger partial charge in [-0.05, 0) is 37.3 Å². The third-order valence-corrected chi connectivity index (χ3v) is 5.13. The molecule has 4 aromatic heterocycles. The molecular weight excluding hydrogens is 399 g/mol. The van der Waals surface area contributed by atoms with E-state index in [1.807, 2.05) is 19.3 Å². The van der Waals surface area contributed by atoms with Crippen LogP contribution in [0.15, 0.2) is 53.4 Å². The van der Waals surface area contributed by atoms with E-state index in [1.54, 1.807) is 40.7 Å². The minimum Gasteiger partial charge on any atom is -0.494 e. The van der Waals surface area contributed by atoms with Gasteiger partial charge >= 0.3 is 0 Å². The third kappa shape index (κ3) is 3.43. The molecule has 0 amide bonds. The minimum absolute atomic E-state index is 0.100. The zero-order chi connectivity index (χ0) is 21.5. The first-order valence-corrected chi connectivity index (χ1v) is 9.75. The summed E-state index contributed by atoms with van der Waals surface area (Å²) in [7, 11) is 1.83. The Morgan fingerprint density at radius 3 is 2.65 bits per heavy atom. The van der Waals surface area contributed by atoms with Crippen molar-refractivity contribution in [1.29, 1.82) is 0 Å². The van der Waals surface area contributed by atoms with Crippen molar-refractivity contribution in [1.82, 2.24) is 29.5 Å². The van der Waals surface area contributed by atoms with Gasteiger partial charge in [0.2, 0.25) is 11.8 Å². The Morgan fingerprint density at radius 1 is 1.10 bits per heavy atom. The zero-order valence-corrected chi connectivity index (χ0v) is 16.9. The lowest BCUT2D eigenvalue weighted by Crippen LogP contribution is -1.99. The van der Waals surface area contributed by atoms with E-state index in [4.69, 9.17) is 4.52 Å². The Kier molecular flexibility index (Phi) is 4.50. The molecule has 0 bridgehead atoms. The van der Waals surface area contributed by atoms with Crippen molar-refractivity contribution >= 4 is 10.9 Å². The van der Waals surface area contributed by atoms with Crippen LogP contribution in [-0.2, 0) is 20.0 Å². The Labute approximate surface area is 176 Å². The van der Waals surface area contributed by atoms with Crippen molar-refractivity contribution in [3.05, 3.63) is 66.5 Å². The van der Waals surface area contributed by atoms with Gasteiger partial charge in [0.05, 0.1) is 10.9 Å². The molecule has 0 spiro atoms. The van der Waals surface area contributed by atoms with E-state index in [2.05, 4.69) is 20.2 Å². The molecule has 0 radical (unpaired) electrons. The number of benzene rings is 1. The maximum atomic E-state index is 13.4. The molecule has 0 aliphatic rings. The first kappa shape index (κ1) is 19.0. The Hall–Kier alpha value is -4.01. The van der Waals surface area contributed by atoms with Crippen LogP contribution in [0.4, 0.5) is 4.39 Å². The Balaban J connectivity index is 1.58. The van der Waals surface area contributed by atoms with E-state index in [9.17, 15) is 9.50 Å². The van der Waals surface area contributed by atoms with Gasteiger partial charge in [0.25, 0.3) is 0 Å². The predicted octanol–water partition coefficient (Wildman–Crippen LogP) is 3.88. The highest BCUT2D eigenvalue weighted by molar-refractivity contribution is 6.01. The molecule has 4 heterocycles. The van der Waals surface area contributed by atoms with E-state index in [-0.39, 0.29) is 11.7 Å². The van der Waals surface area contributed by atoms with Crippen LogP contribution in [0.5, 0.6) is 5.88 Å². The summed E-state index contributed by atoms with van der Waals surface area (Å²) in [5.74, 6) is 0.876. The third-order valence-electron chi connectivity index (χ3n) is 5.13.